The van der Waals surface area contributed by atoms with Gasteiger partial charge in [-0.15, -0.1) is 0 Å². The van der Waals surface area contributed by atoms with Crippen LogP contribution in [0.4, 0.5) is 11.4 Å². The predicted octanol–water partition coefficient (Wildman–Crippen LogP) is 2.54. The highest BCUT2D eigenvalue weighted by atomic mass is 16.5. The van der Waals surface area contributed by atoms with Crippen molar-refractivity contribution in [3.63, 3.8) is 0 Å². The van der Waals surface area contributed by atoms with E-state index in [4.69, 9.17) is 9.15 Å². The van der Waals surface area contributed by atoms with Gasteiger partial charge >= 0.3 is 5.97 Å². The summed E-state index contributed by atoms with van der Waals surface area (Å²) in [5.74, 6) is -0.478. The molecule has 0 atom stereocenters. The molecule has 0 radical (unpaired) electrons. The van der Waals surface area contributed by atoms with Gasteiger partial charge in [-0.1, -0.05) is 0 Å². The molecule has 0 unspecified atom stereocenters. The van der Waals surface area contributed by atoms with Crippen LogP contribution in [0.25, 0.3) is 6.08 Å². The number of carbonyl (C=O) groups excluding carboxylic acids is 2. The van der Waals surface area contributed by atoms with Gasteiger partial charge in [0.05, 0.1) is 6.26 Å². The van der Waals surface area contributed by atoms with Crippen molar-refractivity contribution in [3.8, 4) is 0 Å². The fraction of sp³-hybridized carbons (Fsp3) is 0.176. The summed E-state index contributed by atoms with van der Waals surface area (Å²) < 4.78 is 9.89. The summed E-state index contributed by atoms with van der Waals surface area (Å²) in [4.78, 5) is 25.2. The number of anilines is 2. The summed E-state index contributed by atoms with van der Waals surface area (Å²) in [6.45, 7) is -0.350. The number of benzene rings is 1. The number of hydrogen-bond acceptors (Lipinski definition) is 5. The van der Waals surface area contributed by atoms with E-state index in [1.54, 1.807) is 24.3 Å². The summed E-state index contributed by atoms with van der Waals surface area (Å²) in [6.07, 6.45) is 4.18. The van der Waals surface area contributed by atoms with E-state index >= 15 is 0 Å². The van der Waals surface area contributed by atoms with E-state index in [9.17, 15) is 9.59 Å². The number of esters is 1. The first kappa shape index (κ1) is 16.4. The number of nitrogens with zero attached hydrogens (tertiary/aromatic N) is 1. The van der Waals surface area contributed by atoms with Gasteiger partial charge in [0, 0.05) is 31.5 Å². The molecular formula is C17H18N2O4. The standard InChI is InChI=1S/C17H18N2O4/c1-19(2)14-7-5-13(6-8-14)18-16(20)12-23-17(21)10-9-15-4-3-11-22-15/h3-11H,12H2,1-2H3,(H,18,20)/b10-9+. The Morgan fingerprint density at radius 3 is 2.57 bits per heavy atom. The monoisotopic (exact) mass is 314 g/mol. The maximum Gasteiger partial charge on any atom is 0.331 e. The summed E-state index contributed by atoms with van der Waals surface area (Å²) >= 11 is 0. The van der Waals surface area contributed by atoms with Gasteiger partial charge in [-0.25, -0.2) is 4.79 Å². The third kappa shape index (κ3) is 5.35. The topological polar surface area (TPSA) is 71.8 Å². The Morgan fingerprint density at radius 2 is 1.96 bits per heavy atom. The molecule has 0 bridgehead atoms. The van der Waals surface area contributed by atoms with Gasteiger partial charge in [0.1, 0.15) is 5.76 Å². The van der Waals surface area contributed by atoms with Gasteiger partial charge in [-0.2, -0.15) is 0 Å². The Hall–Kier alpha value is -3.02. The van der Waals surface area contributed by atoms with Crippen molar-refractivity contribution in [2.75, 3.05) is 30.9 Å². The van der Waals surface area contributed by atoms with Gasteiger partial charge in [0.2, 0.25) is 0 Å². The molecule has 0 saturated heterocycles. The van der Waals surface area contributed by atoms with Gasteiger partial charge in [0.15, 0.2) is 6.61 Å². The number of amides is 1. The molecule has 1 heterocycles. The first-order valence-electron chi connectivity index (χ1n) is 7.00. The maximum atomic E-state index is 11.7. The molecule has 0 saturated carbocycles. The van der Waals surface area contributed by atoms with Crippen LogP contribution in [0.15, 0.2) is 53.2 Å². The van der Waals surface area contributed by atoms with Gasteiger partial charge < -0.3 is 19.4 Å². The molecule has 6 heteroatoms. The van der Waals surface area contributed by atoms with Crippen LogP contribution in [0.2, 0.25) is 0 Å². The Morgan fingerprint density at radius 1 is 1.22 bits per heavy atom. The van der Waals surface area contributed by atoms with Crippen molar-refractivity contribution in [3.05, 3.63) is 54.5 Å². The van der Waals surface area contributed by atoms with Gasteiger partial charge in [-0.05, 0) is 42.5 Å². The van der Waals surface area contributed by atoms with Crippen LogP contribution in [0.1, 0.15) is 5.76 Å². The molecule has 0 aliphatic carbocycles. The molecule has 1 N–H and O–H groups in total. The van der Waals surface area contributed by atoms with Crippen molar-refractivity contribution in [1.29, 1.82) is 0 Å². The molecule has 0 aliphatic heterocycles. The molecule has 2 rings (SSSR count). The van der Waals surface area contributed by atoms with Crippen LogP contribution in [0.5, 0.6) is 0 Å². The van der Waals surface area contributed by atoms with E-state index in [0.717, 1.165) is 5.69 Å². The molecule has 1 amide bonds. The van der Waals surface area contributed by atoms with E-state index in [1.165, 1.54) is 18.4 Å². The van der Waals surface area contributed by atoms with Crippen LogP contribution in [0, 0.1) is 0 Å². The molecular weight excluding hydrogens is 296 g/mol. The lowest BCUT2D eigenvalue weighted by molar-refractivity contribution is -0.142. The predicted molar refractivity (Wildman–Crippen MR) is 88.1 cm³/mol. The first-order chi connectivity index (χ1) is 11.0. The van der Waals surface area contributed by atoms with Crippen molar-refractivity contribution in [2.45, 2.75) is 0 Å². The summed E-state index contributed by atoms with van der Waals surface area (Å²) in [6, 6.07) is 10.7. The summed E-state index contributed by atoms with van der Waals surface area (Å²) in [7, 11) is 3.87. The minimum absolute atomic E-state index is 0.350. The van der Waals surface area contributed by atoms with Crippen LogP contribution in [-0.2, 0) is 14.3 Å². The molecule has 0 aliphatic rings. The van der Waals surface area contributed by atoms with Crippen molar-refractivity contribution in [2.24, 2.45) is 0 Å². The zero-order chi connectivity index (χ0) is 16.7. The normalized spacial score (nSPS) is 10.5. The fourth-order valence-corrected chi connectivity index (χ4v) is 1.76. The molecule has 6 nitrogen and oxygen atoms in total. The van der Waals surface area contributed by atoms with Crippen LogP contribution in [0.3, 0.4) is 0 Å². The number of nitrogens with one attached hydrogen (secondary N) is 1. The molecule has 1 aromatic heterocycles. The first-order valence-corrected chi connectivity index (χ1v) is 7.00. The second kappa shape index (κ2) is 7.84. The number of carbonyl (C=O) groups is 2. The van der Waals surface area contributed by atoms with E-state index in [2.05, 4.69) is 5.32 Å². The number of ether oxygens (including phenoxy) is 1. The molecule has 2 aromatic rings. The van der Waals surface area contributed by atoms with Crippen LogP contribution >= 0.6 is 0 Å². The van der Waals surface area contributed by atoms with Gasteiger partial charge in [-0.3, -0.25) is 4.79 Å². The zero-order valence-corrected chi connectivity index (χ0v) is 13.0. The lowest BCUT2D eigenvalue weighted by atomic mass is 10.2. The van der Waals surface area contributed by atoms with Crippen molar-refractivity contribution in [1.82, 2.24) is 0 Å². The quantitative estimate of drug-likeness (QED) is 0.655. The fourth-order valence-electron chi connectivity index (χ4n) is 1.76. The maximum absolute atomic E-state index is 11.7. The van der Waals surface area contributed by atoms with E-state index in [-0.39, 0.29) is 6.61 Å². The lowest BCUT2D eigenvalue weighted by Gasteiger charge is -2.13. The smallest absolute Gasteiger partial charge is 0.331 e. The van der Waals surface area contributed by atoms with Crippen LogP contribution < -0.4 is 10.2 Å². The number of furan rings is 1. The molecule has 0 fully saturated rings. The van der Waals surface area contributed by atoms with Crippen LogP contribution in [-0.4, -0.2) is 32.6 Å². The zero-order valence-electron chi connectivity index (χ0n) is 13.0. The lowest BCUT2D eigenvalue weighted by Crippen LogP contribution is -2.20. The number of hydrogen-bond donors (Lipinski definition) is 1. The minimum Gasteiger partial charge on any atom is -0.465 e. The Bertz CT molecular complexity index is 673. The highest BCUT2D eigenvalue weighted by molar-refractivity contribution is 5.94. The van der Waals surface area contributed by atoms with E-state index in [1.807, 2.05) is 31.1 Å². The van der Waals surface area contributed by atoms with Gasteiger partial charge in [0.25, 0.3) is 5.91 Å². The summed E-state index contributed by atoms with van der Waals surface area (Å²) in [5, 5.41) is 2.66. The summed E-state index contributed by atoms with van der Waals surface area (Å²) in [5.41, 5.74) is 1.67. The molecule has 0 spiro atoms. The average molecular weight is 314 g/mol. The van der Waals surface area contributed by atoms with E-state index in [0.29, 0.717) is 11.4 Å². The largest absolute Gasteiger partial charge is 0.465 e. The Labute approximate surface area is 134 Å². The van der Waals surface area contributed by atoms with Crippen molar-refractivity contribution >= 4 is 29.3 Å². The molecule has 23 heavy (non-hydrogen) atoms. The van der Waals surface area contributed by atoms with E-state index < -0.39 is 11.9 Å². The second-order valence-electron chi connectivity index (χ2n) is 4.95. The number of rotatable bonds is 6. The third-order valence-corrected chi connectivity index (χ3v) is 2.94. The Kier molecular flexibility index (Phi) is 5.57. The minimum atomic E-state index is -0.612. The highest BCUT2D eigenvalue weighted by Crippen LogP contribution is 2.15. The molecule has 1 aromatic carbocycles. The molecule has 120 valence electrons. The SMILES string of the molecule is CN(C)c1ccc(NC(=O)COC(=O)/C=C/c2ccco2)cc1. The Balaban J connectivity index is 1.77. The highest BCUT2D eigenvalue weighted by Gasteiger charge is 2.06. The third-order valence-electron chi connectivity index (χ3n) is 2.94. The average Bonchev–Trinajstić information content (AvgIpc) is 3.05. The second-order valence-corrected chi connectivity index (χ2v) is 4.95. The van der Waals surface area contributed by atoms with Crippen molar-refractivity contribution < 1.29 is 18.7 Å².